The molecule has 150 valence electrons. The highest BCUT2D eigenvalue weighted by atomic mass is 16.2. The molecular weight excluding hydrogens is 326 g/mol. The Morgan fingerprint density at radius 3 is 2.46 bits per heavy atom. The van der Waals surface area contributed by atoms with Crippen LogP contribution in [-0.4, -0.2) is 29.3 Å². The molecule has 1 fully saturated rings. The molecule has 0 saturated heterocycles. The first-order chi connectivity index (χ1) is 12.2. The van der Waals surface area contributed by atoms with Gasteiger partial charge in [-0.15, -0.1) is 0 Å². The second kappa shape index (κ2) is 10.1. The van der Waals surface area contributed by atoms with E-state index in [1.54, 1.807) is 6.92 Å². The van der Waals surface area contributed by atoms with Gasteiger partial charge in [-0.2, -0.15) is 0 Å². The summed E-state index contributed by atoms with van der Waals surface area (Å²) in [6, 6.07) is -1.15. The third kappa shape index (κ3) is 5.83. The Labute approximate surface area is 159 Å². The molecule has 1 unspecified atom stereocenters. The van der Waals surface area contributed by atoms with Gasteiger partial charge in [-0.05, 0) is 44.9 Å². The zero-order valence-corrected chi connectivity index (χ0v) is 17.5. The molecular formula is C21H39N3O2. The SMILES string of the molecule is C/C=C(/CC)NC1(C(=O)[C@H](C)NC(=O)[C@@H](N)C(C)C)CCCC[C@@H](C)C1. The van der Waals surface area contributed by atoms with Crippen molar-refractivity contribution in [3.63, 3.8) is 0 Å². The summed E-state index contributed by atoms with van der Waals surface area (Å²) in [5.41, 5.74) is 6.42. The number of carbonyl (C=O) groups excluding carboxylic acids is 2. The van der Waals surface area contributed by atoms with E-state index >= 15 is 0 Å². The minimum Gasteiger partial charge on any atom is -0.376 e. The molecule has 4 N–H and O–H groups in total. The first-order valence-corrected chi connectivity index (χ1v) is 10.2. The maximum absolute atomic E-state index is 13.5. The maximum Gasteiger partial charge on any atom is 0.237 e. The van der Waals surface area contributed by atoms with Gasteiger partial charge in [0.05, 0.1) is 17.6 Å². The number of ketones is 1. The minimum absolute atomic E-state index is 0.0389. The fourth-order valence-electron chi connectivity index (χ4n) is 3.88. The number of hydrogen-bond acceptors (Lipinski definition) is 4. The number of Topliss-reactive ketones (excluding diaryl/α,β-unsaturated/α-hetero) is 1. The van der Waals surface area contributed by atoms with Gasteiger partial charge in [-0.3, -0.25) is 9.59 Å². The van der Waals surface area contributed by atoms with Gasteiger partial charge in [0.25, 0.3) is 0 Å². The summed E-state index contributed by atoms with van der Waals surface area (Å²) in [5.74, 6) is 0.338. The highest BCUT2D eigenvalue weighted by Crippen LogP contribution is 2.33. The second-order valence-corrected chi connectivity index (χ2v) is 8.29. The number of rotatable bonds is 8. The summed E-state index contributed by atoms with van der Waals surface area (Å²) in [4.78, 5) is 25.8. The van der Waals surface area contributed by atoms with E-state index in [1.165, 1.54) is 0 Å². The summed E-state index contributed by atoms with van der Waals surface area (Å²) in [5, 5.41) is 6.43. The normalized spacial score (nSPS) is 26.8. The zero-order chi connectivity index (χ0) is 19.9. The van der Waals surface area contributed by atoms with E-state index in [1.807, 2.05) is 26.8 Å². The Hall–Kier alpha value is -1.36. The Bertz CT molecular complexity index is 515. The first-order valence-electron chi connectivity index (χ1n) is 10.2. The van der Waals surface area contributed by atoms with Gasteiger partial charge in [0.15, 0.2) is 5.78 Å². The van der Waals surface area contributed by atoms with E-state index < -0.39 is 17.6 Å². The Morgan fingerprint density at radius 1 is 1.27 bits per heavy atom. The summed E-state index contributed by atoms with van der Waals surface area (Å²) in [6.07, 6.45) is 7.84. The molecule has 5 nitrogen and oxygen atoms in total. The molecule has 0 aliphatic heterocycles. The summed E-state index contributed by atoms with van der Waals surface area (Å²) >= 11 is 0. The average molecular weight is 366 g/mol. The van der Waals surface area contributed by atoms with Crippen LogP contribution < -0.4 is 16.4 Å². The largest absolute Gasteiger partial charge is 0.376 e. The summed E-state index contributed by atoms with van der Waals surface area (Å²) in [6.45, 7) is 11.9. The van der Waals surface area contributed by atoms with E-state index in [2.05, 4.69) is 24.5 Å². The fraction of sp³-hybridized carbons (Fsp3) is 0.810. The van der Waals surface area contributed by atoms with Crippen LogP contribution in [-0.2, 0) is 9.59 Å². The van der Waals surface area contributed by atoms with Crippen molar-refractivity contribution in [1.29, 1.82) is 0 Å². The molecule has 5 heteroatoms. The van der Waals surface area contributed by atoms with Crippen LogP contribution in [0, 0.1) is 11.8 Å². The van der Waals surface area contributed by atoms with E-state index in [4.69, 9.17) is 5.73 Å². The molecule has 1 rings (SSSR count). The predicted octanol–water partition coefficient (Wildman–Crippen LogP) is 3.29. The van der Waals surface area contributed by atoms with Crippen molar-refractivity contribution in [1.82, 2.24) is 10.6 Å². The van der Waals surface area contributed by atoms with E-state index in [9.17, 15) is 9.59 Å². The Balaban J connectivity index is 3.04. The third-order valence-electron chi connectivity index (χ3n) is 5.62. The molecule has 4 atom stereocenters. The van der Waals surface area contributed by atoms with Crippen molar-refractivity contribution in [3.05, 3.63) is 11.8 Å². The van der Waals surface area contributed by atoms with Crippen LogP contribution in [0.1, 0.15) is 80.1 Å². The van der Waals surface area contributed by atoms with E-state index in [-0.39, 0.29) is 17.6 Å². The van der Waals surface area contributed by atoms with Crippen molar-refractivity contribution >= 4 is 11.7 Å². The predicted molar refractivity (Wildman–Crippen MR) is 108 cm³/mol. The third-order valence-corrected chi connectivity index (χ3v) is 5.62. The highest BCUT2D eigenvalue weighted by molar-refractivity contribution is 5.96. The van der Waals surface area contributed by atoms with Crippen LogP contribution in [0.5, 0.6) is 0 Å². The molecule has 0 radical (unpaired) electrons. The standard InChI is InChI=1S/C21H39N3O2/c1-7-17(8-2)24-21(12-10-9-11-15(5)13-21)19(25)16(6)23-20(26)18(22)14(3)4/h7,14-16,18,24H,8-13,22H2,1-6H3,(H,23,26)/b17-7-/t15-,16+,18+,21?/m1/s1. The number of nitrogens with one attached hydrogen (secondary N) is 2. The maximum atomic E-state index is 13.5. The highest BCUT2D eigenvalue weighted by Gasteiger charge is 2.43. The van der Waals surface area contributed by atoms with Crippen LogP contribution in [0.2, 0.25) is 0 Å². The van der Waals surface area contributed by atoms with Gasteiger partial charge >= 0.3 is 0 Å². The van der Waals surface area contributed by atoms with Gasteiger partial charge in [-0.1, -0.05) is 53.0 Å². The minimum atomic E-state index is -0.609. The summed E-state index contributed by atoms with van der Waals surface area (Å²) < 4.78 is 0. The molecule has 0 bridgehead atoms. The second-order valence-electron chi connectivity index (χ2n) is 8.29. The lowest BCUT2D eigenvalue weighted by Crippen LogP contribution is -2.60. The smallest absolute Gasteiger partial charge is 0.237 e. The molecule has 1 aliphatic rings. The van der Waals surface area contributed by atoms with E-state index in [0.29, 0.717) is 5.92 Å². The van der Waals surface area contributed by atoms with Gasteiger partial charge in [0, 0.05) is 5.70 Å². The number of allylic oxidation sites excluding steroid dienone is 2. The van der Waals surface area contributed by atoms with Crippen molar-refractivity contribution in [2.75, 3.05) is 0 Å². The molecule has 26 heavy (non-hydrogen) atoms. The molecule has 1 aliphatic carbocycles. The first kappa shape index (κ1) is 22.7. The van der Waals surface area contributed by atoms with Crippen LogP contribution in [0.3, 0.4) is 0 Å². The fourth-order valence-corrected chi connectivity index (χ4v) is 3.88. The lowest BCUT2D eigenvalue weighted by molar-refractivity contribution is -0.132. The number of amides is 1. The summed E-state index contributed by atoms with van der Waals surface area (Å²) in [7, 11) is 0. The van der Waals surface area contributed by atoms with Crippen molar-refractivity contribution in [3.8, 4) is 0 Å². The van der Waals surface area contributed by atoms with Gasteiger partial charge in [-0.25, -0.2) is 0 Å². The Kier molecular flexibility index (Phi) is 8.81. The van der Waals surface area contributed by atoms with Crippen molar-refractivity contribution in [2.24, 2.45) is 17.6 Å². The van der Waals surface area contributed by atoms with Gasteiger partial charge in [0.2, 0.25) is 5.91 Å². The molecule has 0 heterocycles. The quantitative estimate of drug-likeness (QED) is 0.576. The number of carbonyl (C=O) groups is 2. The van der Waals surface area contributed by atoms with Gasteiger partial charge in [0.1, 0.15) is 0 Å². The number of hydrogen-bond donors (Lipinski definition) is 3. The molecule has 1 amide bonds. The van der Waals surface area contributed by atoms with Crippen molar-refractivity contribution < 1.29 is 9.59 Å². The molecule has 0 aromatic heterocycles. The van der Waals surface area contributed by atoms with Crippen LogP contribution in [0.4, 0.5) is 0 Å². The molecule has 0 aromatic carbocycles. The van der Waals surface area contributed by atoms with Crippen LogP contribution in [0.25, 0.3) is 0 Å². The van der Waals surface area contributed by atoms with Crippen LogP contribution in [0.15, 0.2) is 11.8 Å². The van der Waals surface area contributed by atoms with Crippen molar-refractivity contribution in [2.45, 2.75) is 97.7 Å². The van der Waals surface area contributed by atoms with Gasteiger partial charge < -0.3 is 16.4 Å². The molecule has 0 spiro atoms. The Morgan fingerprint density at radius 2 is 1.92 bits per heavy atom. The van der Waals surface area contributed by atoms with E-state index in [0.717, 1.165) is 44.2 Å². The lowest BCUT2D eigenvalue weighted by atomic mass is 9.79. The molecule has 1 saturated carbocycles. The zero-order valence-electron chi connectivity index (χ0n) is 17.5. The van der Waals surface area contributed by atoms with Crippen LogP contribution >= 0.6 is 0 Å². The lowest BCUT2D eigenvalue weighted by Gasteiger charge is -2.38. The monoisotopic (exact) mass is 365 g/mol. The topological polar surface area (TPSA) is 84.2 Å². The average Bonchev–Trinajstić information content (AvgIpc) is 2.79. The molecule has 0 aromatic rings. The number of nitrogens with two attached hydrogens (primary N) is 1.